The summed E-state index contributed by atoms with van der Waals surface area (Å²) in [5.74, 6) is 0.850. The predicted octanol–water partition coefficient (Wildman–Crippen LogP) is 2.27. The van der Waals surface area contributed by atoms with Gasteiger partial charge in [-0.1, -0.05) is 27.7 Å². The number of carbonyl (C=O) groups excluding carboxylic acids is 1. The maximum atomic E-state index is 11.6. The molecule has 3 heteroatoms. The van der Waals surface area contributed by atoms with Gasteiger partial charge in [0, 0.05) is 26.1 Å². The standard InChI is InChI=1S/C14H28N2O/c1-6-15-13-7-12(8-14(3,4)5)9-16(10-13)11(2)17/h12-13,15H,6-10H2,1-5H3. The molecule has 0 aliphatic carbocycles. The molecule has 2 atom stereocenters. The normalized spacial score (nSPS) is 26.1. The number of piperidine rings is 1. The molecule has 17 heavy (non-hydrogen) atoms. The molecule has 1 fully saturated rings. The van der Waals surface area contributed by atoms with Crippen molar-refractivity contribution in [3.05, 3.63) is 0 Å². The minimum absolute atomic E-state index is 0.214. The highest BCUT2D eigenvalue weighted by Gasteiger charge is 2.30. The van der Waals surface area contributed by atoms with Crippen LogP contribution in [0, 0.1) is 11.3 Å². The molecule has 0 bridgehead atoms. The van der Waals surface area contributed by atoms with Crippen LogP contribution in [0.15, 0.2) is 0 Å². The van der Waals surface area contributed by atoms with Gasteiger partial charge in [-0.25, -0.2) is 0 Å². The smallest absolute Gasteiger partial charge is 0.219 e. The summed E-state index contributed by atoms with van der Waals surface area (Å²) in [5, 5.41) is 3.49. The largest absolute Gasteiger partial charge is 0.341 e. The van der Waals surface area contributed by atoms with Crippen LogP contribution in [0.5, 0.6) is 0 Å². The van der Waals surface area contributed by atoms with E-state index in [1.165, 1.54) is 12.8 Å². The molecule has 0 saturated carbocycles. The Labute approximate surface area is 106 Å². The van der Waals surface area contributed by atoms with Gasteiger partial charge in [-0.15, -0.1) is 0 Å². The van der Waals surface area contributed by atoms with Gasteiger partial charge in [0.2, 0.25) is 5.91 Å². The van der Waals surface area contributed by atoms with Gasteiger partial charge >= 0.3 is 0 Å². The molecule has 1 amide bonds. The Morgan fingerprint density at radius 1 is 1.35 bits per heavy atom. The predicted molar refractivity (Wildman–Crippen MR) is 71.9 cm³/mol. The van der Waals surface area contributed by atoms with Crippen LogP contribution in [0.3, 0.4) is 0 Å². The highest BCUT2D eigenvalue weighted by atomic mass is 16.2. The fourth-order valence-electron chi connectivity index (χ4n) is 2.91. The molecule has 1 heterocycles. The zero-order chi connectivity index (χ0) is 13.1. The second-order valence-electron chi connectivity index (χ2n) is 6.55. The van der Waals surface area contributed by atoms with Crippen LogP contribution < -0.4 is 5.32 Å². The number of nitrogens with one attached hydrogen (secondary N) is 1. The van der Waals surface area contributed by atoms with Gasteiger partial charge in [-0.2, -0.15) is 0 Å². The number of likely N-dealkylation sites (tertiary alicyclic amines) is 1. The van der Waals surface area contributed by atoms with Crippen LogP contribution in [0.4, 0.5) is 0 Å². The van der Waals surface area contributed by atoms with E-state index in [9.17, 15) is 4.79 Å². The first kappa shape index (κ1) is 14.5. The zero-order valence-electron chi connectivity index (χ0n) is 12.0. The molecule has 0 radical (unpaired) electrons. The summed E-state index contributed by atoms with van der Waals surface area (Å²) in [7, 11) is 0. The van der Waals surface area contributed by atoms with Crippen LogP contribution >= 0.6 is 0 Å². The maximum Gasteiger partial charge on any atom is 0.219 e. The molecule has 1 saturated heterocycles. The molecule has 0 aromatic carbocycles. The van der Waals surface area contributed by atoms with E-state index in [-0.39, 0.29) is 5.91 Å². The summed E-state index contributed by atoms with van der Waals surface area (Å²) in [6.45, 7) is 13.5. The fourth-order valence-corrected chi connectivity index (χ4v) is 2.91. The molecule has 1 aliphatic heterocycles. The lowest BCUT2D eigenvalue weighted by Crippen LogP contribution is -2.51. The van der Waals surface area contributed by atoms with Crippen molar-refractivity contribution in [2.75, 3.05) is 19.6 Å². The van der Waals surface area contributed by atoms with Crippen LogP contribution in [0.25, 0.3) is 0 Å². The topological polar surface area (TPSA) is 32.3 Å². The average molecular weight is 240 g/mol. The van der Waals surface area contributed by atoms with E-state index < -0.39 is 0 Å². The minimum Gasteiger partial charge on any atom is -0.341 e. The van der Waals surface area contributed by atoms with Gasteiger partial charge in [0.05, 0.1) is 0 Å². The Bertz CT molecular complexity index is 257. The number of likely N-dealkylation sites (N-methyl/N-ethyl adjacent to an activating group) is 1. The molecule has 1 N–H and O–H groups in total. The number of rotatable bonds is 3. The van der Waals surface area contributed by atoms with Gasteiger partial charge in [0.15, 0.2) is 0 Å². The second-order valence-corrected chi connectivity index (χ2v) is 6.55. The lowest BCUT2D eigenvalue weighted by Gasteiger charge is -2.40. The molecular weight excluding hydrogens is 212 g/mol. The van der Waals surface area contributed by atoms with Crippen molar-refractivity contribution in [2.45, 2.75) is 53.5 Å². The van der Waals surface area contributed by atoms with Crippen molar-refractivity contribution >= 4 is 5.91 Å². The van der Waals surface area contributed by atoms with E-state index in [1.54, 1.807) is 6.92 Å². The van der Waals surface area contributed by atoms with E-state index in [1.807, 2.05) is 4.90 Å². The van der Waals surface area contributed by atoms with E-state index in [4.69, 9.17) is 0 Å². The Balaban J connectivity index is 2.61. The third-order valence-electron chi connectivity index (χ3n) is 3.38. The molecule has 0 spiro atoms. The van der Waals surface area contributed by atoms with Crippen molar-refractivity contribution in [3.8, 4) is 0 Å². The summed E-state index contributed by atoms with van der Waals surface area (Å²) < 4.78 is 0. The number of amides is 1. The Morgan fingerprint density at radius 2 is 2.00 bits per heavy atom. The molecule has 3 nitrogen and oxygen atoms in total. The SMILES string of the molecule is CCNC1CC(CC(C)(C)C)CN(C(C)=O)C1. The van der Waals surface area contributed by atoms with E-state index in [2.05, 4.69) is 33.0 Å². The van der Waals surface area contributed by atoms with Gasteiger partial charge in [-0.05, 0) is 30.7 Å². The quantitative estimate of drug-likeness (QED) is 0.821. The molecule has 0 aromatic rings. The van der Waals surface area contributed by atoms with E-state index in [0.717, 1.165) is 19.6 Å². The molecule has 100 valence electrons. The summed E-state index contributed by atoms with van der Waals surface area (Å²) >= 11 is 0. The number of nitrogens with zero attached hydrogens (tertiary/aromatic N) is 1. The van der Waals surface area contributed by atoms with Gasteiger partial charge in [0.1, 0.15) is 0 Å². The fraction of sp³-hybridized carbons (Fsp3) is 0.929. The highest BCUT2D eigenvalue weighted by Crippen LogP contribution is 2.30. The average Bonchev–Trinajstić information content (AvgIpc) is 2.14. The maximum absolute atomic E-state index is 11.6. The third-order valence-corrected chi connectivity index (χ3v) is 3.38. The first-order valence-electron chi connectivity index (χ1n) is 6.80. The molecule has 1 aliphatic rings. The van der Waals surface area contributed by atoms with Crippen molar-refractivity contribution < 1.29 is 4.79 Å². The molecule has 0 aromatic heterocycles. The van der Waals surface area contributed by atoms with Crippen LogP contribution in [0.1, 0.15) is 47.5 Å². The zero-order valence-corrected chi connectivity index (χ0v) is 12.0. The Morgan fingerprint density at radius 3 is 2.47 bits per heavy atom. The summed E-state index contributed by atoms with van der Waals surface area (Å²) in [6, 6.07) is 0.477. The first-order valence-corrected chi connectivity index (χ1v) is 6.80. The Hall–Kier alpha value is -0.570. The van der Waals surface area contributed by atoms with Crippen LogP contribution in [-0.2, 0) is 4.79 Å². The Kier molecular flexibility index (Phi) is 4.99. The monoisotopic (exact) mass is 240 g/mol. The summed E-state index contributed by atoms with van der Waals surface area (Å²) in [6.07, 6.45) is 2.40. The lowest BCUT2D eigenvalue weighted by molar-refractivity contribution is -0.131. The number of hydrogen-bond donors (Lipinski definition) is 1. The number of hydrogen-bond acceptors (Lipinski definition) is 2. The first-order chi connectivity index (χ1) is 7.81. The van der Waals surface area contributed by atoms with Gasteiger partial charge in [0.25, 0.3) is 0 Å². The molecule has 1 rings (SSSR count). The lowest BCUT2D eigenvalue weighted by atomic mass is 9.80. The van der Waals surface area contributed by atoms with Gasteiger partial charge < -0.3 is 10.2 Å². The summed E-state index contributed by atoms with van der Waals surface area (Å²) in [4.78, 5) is 13.6. The third kappa shape index (κ3) is 5.07. The van der Waals surface area contributed by atoms with E-state index >= 15 is 0 Å². The van der Waals surface area contributed by atoms with Crippen molar-refractivity contribution in [1.29, 1.82) is 0 Å². The van der Waals surface area contributed by atoms with Crippen molar-refractivity contribution in [3.63, 3.8) is 0 Å². The van der Waals surface area contributed by atoms with E-state index in [0.29, 0.717) is 17.4 Å². The number of carbonyl (C=O) groups is 1. The van der Waals surface area contributed by atoms with Crippen molar-refractivity contribution in [2.24, 2.45) is 11.3 Å². The van der Waals surface area contributed by atoms with Crippen LogP contribution in [0.2, 0.25) is 0 Å². The molecule has 2 unspecified atom stereocenters. The second kappa shape index (κ2) is 5.85. The van der Waals surface area contributed by atoms with Gasteiger partial charge in [-0.3, -0.25) is 4.79 Å². The minimum atomic E-state index is 0.214. The van der Waals surface area contributed by atoms with Crippen LogP contribution in [-0.4, -0.2) is 36.5 Å². The van der Waals surface area contributed by atoms with Crippen molar-refractivity contribution in [1.82, 2.24) is 10.2 Å². The highest BCUT2D eigenvalue weighted by molar-refractivity contribution is 5.73. The molecular formula is C14H28N2O. The summed E-state index contributed by atoms with van der Waals surface area (Å²) in [5.41, 5.74) is 0.348.